The molecule has 0 spiro atoms. The van der Waals surface area contributed by atoms with Crippen molar-refractivity contribution in [3.8, 4) is 0 Å². The van der Waals surface area contributed by atoms with E-state index in [1.165, 1.54) is 0 Å². The fraction of sp³-hybridized carbons (Fsp3) is 0.909. The van der Waals surface area contributed by atoms with Crippen molar-refractivity contribution in [2.24, 2.45) is 5.73 Å². The molecule has 4 heteroatoms. The quantitative estimate of drug-likeness (QED) is 0.659. The number of rotatable bonds is 1. The molecule has 0 aliphatic carbocycles. The van der Waals surface area contributed by atoms with Crippen LogP contribution in [0.3, 0.4) is 0 Å². The summed E-state index contributed by atoms with van der Waals surface area (Å²) in [6, 6.07) is 0.0637. The van der Waals surface area contributed by atoms with Gasteiger partial charge in [0.15, 0.2) is 0 Å². The van der Waals surface area contributed by atoms with Crippen molar-refractivity contribution in [3.05, 3.63) is 0 Å². The Balaban J connectivity index is 2.88. The molecule has 2 unspecified atom stereocenters. The molecule has 1 amide bonds. The predicted octanol–water partition coefficient (Wildman–Crippen LogP) is 0.323. The Kier molecular flexibility index (Phi) is 3.73. The van der Waals surface area contributed by atoms with Gasteiger partial charge in [0, 0.05) is 24.7 Å². The molecule has 1 aliphatic rings. The van der Waals surface area contributed by atoms with Crippen LogP contribution in [0.2, 0.25) is 0 Å². The second-order valence-electron chi connectivity index (χ2n) is 5.31. The fourth-order valence-corrected chi connectivity index (χ4v) is 2.08. The van der Waals surface area contributed by atoms with Crippen molar-refractivity contribution in [3.63, 3.8) is 0 Å². The van der Waals surface area contributed by atoms with Gasteiger partial charge in [-0.2, -0.15) is 0 Å². The van der Waals surface area contributed by atoms with Gasteiger partial charge in [-0.25, -0.2) is 0 Å². The van der Waals surface area contributed by atoms with E-state index in [1.54, 1.807) is 0 Å². The SMILES string of the molecule is CC1CCN(C(C)(C)C)C(CN)C(=O)N1. The Morgan fingerprint density at radius 2 is 2.13 bits per heavy atom. The minimum Gasteiger partial charge on any atom is -0.352 e. The molecule has 0 aromatic rings. The van der Waals surface area contributed by atoms with Gasteiger partial charge < -0.3 is 11.1 Å². The Bertz CT molecular complexity index is 234. The minimum absolute atomic E-state index is 0.00850. The number of amides is 1. The molecule has 1 heterocycles. The first-order valence-electron chi connectivity index (χ1n) is 5.63. The van der Waals surface area contributed by atoms with Crippen LogP contribution in [0.4, 0.5) is 0 Å². The summed E-state index contributed by atoms with van der Waals surface area (Å²) in [5, 5.41) is 2.98. The van der Waals surface area contributed by atoms with Crippen LogP contribution in [0.5, 0.6) is 0 Å². The Hall–Kier alpha value is -0.610. The molecule has 0 radical (unpaired) electrons. The molecule has 0 bridgehead atoms. The Morgan fingerprint density at radius 1 is 1.53 bits per heavy atom. The second kappa shape index (κ2) is 4.49. The summed E-state index contributed by atoms with van der Waals surface area (Å²) >= 11 is 0. The lowest BCUT2D eigenvalue weighted by Gasteiger charge is -2.38. The molecule has 1 rings (SSSR count). The second-order valence-corrected chi connectivity index (χ2v) is 5.31. The van der Waals surface area contributed by atoms with Crippen LogP contribution in [0, 0.1) is 0 Å². The Labute approximate surface area is 92.2 Å². The van der Waals surface area contributed by atoms with Crippen molar-refractivity contribution in [1.29, 1.82) is 0 Å². The zero-order valence-electron chi connectivity index (χ0n) is 10.2. The highest BCUT2D eigenvalue weighted by atomic mass is 16.2. The molecule has 3 N–H and O–H groups in total. The summed E-state index contributed by atoms with van der Waals surface area (Å²) in [5.41, 5.74) is 5.68. The average molecular weight is 213 g/mol. The molecule has 1 fully saturated rings. The number of carbonyl (C=O) groups is 1. The molecule has 0 aromatic heterocycles. The van der Waals surface area contributed by atoms with Crippen LogP contribution in [0.15, 0.2) is 0 Å². The smallest absolute Gasteiger partial charge is 0.238 e. The van der Waals surface area contributed by atoms with Gasteiger partial charge in [0.25, 0.3) is 0 Å². The van der Waals surface area contributed by atoms with E-state index in [9.17, 15) is 4.79 Å². The van der Waals surface area contributed by atoms with Gasteiger partial charge in [0.2, 0.25) is 5.91 Å². The molecule has 1 saturated heterocycles. The van der Waals surface area contributed by atoms with E-state index < -0.39 is 0 Å². The minimum atomic E-state index is -0.185. The van der Waals surface area contributed by atoms with Crippen molar-refractivity contribution in [1.82, 2.24) is 10.2 Å². The third kappa shape index (κ3) is 2.92. The topological polar surface area (TPSA) is 58.4 Å². The predicted molar refractivity (Wildman–Crippen MR) is 61.5 cm³/mol. The van der Waals surface area contributed by atoms with Gasteiger partial charge in [-0.3, -0.25) is 9.69 Å². The van der Waals surface area contributed by atoms with Crippen molar-refractivity contribution < 1.29 is 4.79 Å². The summed E-state index contributed by atoms with van der Waals surface area (Å²) in [6.07, 6.45) is 0.986. The highest BCUT2D eigenvalue weighted by molar-refractivity contribution is 5.82. The first kappa shape index (κ1) is 12.5. The van der Waals surface area contributed by atoms with Crippen LogP contribution in [0.1, 0.15) is 34.1 Å². The third-order valence-corrected chi connectivity index (χ3v) is 2.96. The van der Waals surface area contributed by atoms with Crippen molar-refractivity contribution >= 4 is 5.91 Å². The molecular weight excluding hydrogens is 190 g/mol. The van der Waals surface area contributed by atoms with E-state index in [0.29, 0.717) is 6.54 Å². The molecular formula is C11H23N3O. The average Bonchev–Trinajstić information content (AvgIpc) is 2.22. The van der Waals surface area contributed by atoms with Gasteiger partial charge in [0.05, 0.1) is 0 Å². The lowest BCUT2D eigenvalue weighted by Crippen LogP contribution is -2.55. The zero-order chi connectivity index (χ0) is 11.6. The summed E-state index contributed by atoms with van der Waals surface area (Å²) in [6.45, 7) is 9.72. The van der Waals surface area contributed by atoms with Crippen LogP contribution < -0.4 is 11.1 Å². The number of nitrogens with two attached hydrogens (primary N) is 1. The molecule has 88 valence electrons. The number of nitrogens with one attached hydrogen (secondary N) is 1. The number of hydrogen-bond donors (Lipinski definition) is 2. The van der Waals surface area contributed by atoms with Crippen LogP contribution in [-0.2, 0) is 4.79 Å². The maximum atomic E-state index is 11.9. The van der Waals surface area contributed by atoms with E-state index in [0.717, 1.165) is 13.0 Å². The number of hydrogen-bond acceptors (Lipinski definition) is 3. The van der Waals surface area contributed by atoms with Gasteiger partial charge in [-0.1, -0.05) is 0 Å². The Morgan fingerprint density at radius 3 is 2.60 bits per heavy atom. The van der Waals surface area contributed by atoms with Crippen LogP contribution in [-0.4, -0.2) is 41.5 Å². The zero-order valence-corrected chi connectivity index (χ0v) is 10.2. The first-order chi connectivity index (χ1) is 6.86. The first-order valence-corrected chi connectivity index (χ1v) is 5.63. The summed E-state index contributed by atoms with van der Waals surface area (Å²) in [4.78, 5) is 14.1. The number of carbonyl (C=O) groups excluding carboxylic acids is 1. The van der Waals surface area contributed by atoms with Crippen molar-refractivity contribution in [2.75, 3.05) is 13.1 Å². The molecule has 15 heavy (non-hydrogen) atoms. The molecule has 0 saturated carbocycles. The van der Waals surface area contributed by atoms with Crippen LogP contribution >= 0.6 is 0 Å². The maximum absolute atomic E-state index is 11.9. The summed E-state index contributed by atoms with van der Waals surface area (Å²) in [5.74, 6) is 0.0671. The molecule has 4 nitrogen and oxygen atoms in total. The van der Waals surface area contributed by atoms with Gasteiger partial charge in [-0.15, -0.1) is 0 Å². The van der Waals surface area contributed by atoms with Crippen molar-refractivity contribution in [2.45, 2.75) is 51.7 Å². The highest BCUT2D eigenvalue weighted by Crippen LogP contribution is 2.20. The lowest BCUT2D eigenvalue weighted by molar-refractivity contribution is -0.127. The molecule has 2 atom stereocenters. The maximum Gasteiger partial charge on any atom is 0.238 e. The van der Waals surface area contributed by atoms with E-state index in [4.69, 9.17) is 5.73 Å². The monoisotopic (exact) mass is 213 g/mol. The van der Waals surface area contributed by atoms with Gasteiger partial charge in [-0.05, 0) is 34.1 Å². The summed E-state index contributed by atoms with van der Waals surface area (Å²) in [7, 11) is 0. The third-order valence-electron chi connectivity index (χ3n) is 2.96. The van der Waals surface area contributed by atoms with E-state index in [2.05, 4.69) is 31.0 Å². The fourth-order valence-electron chi connectivity index (χ4n) is 2.08. The number of nitrogens with zero attached hydrogens (tertiary/aromatic N) is 1. The normalized spacial score (nSPS) is 29.8. The highest BCUT2D eigenvalue weighted by Gasteiger charge is 2.35. The largest absolute Gasteiger partial charge is 0.352 e. The van der Waals surface area contributed by atoms with E-state index >= 15 is 0 Å². The standard InChI is InChI=1S/C11H23N3O/c1-8-5-6-14(11(2,3)4)9(7-12)10(15)13-8/h8-9H,5-7,12H2,1-4H3,(H,13,15). The van der Waals surface area contributed by atoms with Gasteiger partial charge >= 0.3 is 0 Å². The molecule has 0 aromatic carbocycles. The van der Waals surface area contributed by atoms with Gasteiger partial charge in [0.1, 0.15) is 6.04 Å². The lowest BCUT2D eigenvalue weighted by atomic mass is 10.0. The molecule has 1 aliphatic heterocycles. The summed E-state index contributed by atoms with van der Waals surface area (Å²) < 4.78 is 0. The van der Waals surface area contributed by atoms with E-state index in [-0.39, 0.29) is 23.5 Å². The van der Waals surface area contributed by atoms with Crippen LogP contribution in [0.25, 0.3) is 0 Å². The van der Waals surface area contributed by atoms with E-state index in [1.807, 2.05) is 6.92 Å².